The van der Waals surface area contributed by atoms with Crippen molar-refractivity contribution in [2.24, 2.45) is 0 Å². The molecule has 9 nitrogen and oxygen atoms in total. The second kappa shape index (κ2) is 9.93. The second-order valence-corrected chi connectivity index (χ2v) is 11.2. The van der Waals surface area contributed by atoms with E-state index >= 15 is 0 Å². The number of aliphatic hydroxyl groups excluding tert-OH is 1. The Morgan fingerprint density at radius 2 is 1.95 bits per heavy atom. The summed E-state index contributed by atoms with van der Waals surface area (Å²) in [4.78, 5) is 20.2. The molecule has 1 fully saturated rings. The molecule has 0 radical (unpaired) electrons. The average molecular weight is 567 g/mol. The Balaban J connectivity index is 1.46. The van der Waals surface area contributed by atoms with Crippen molar-refractivity contribution >= 4 is 44.0 Å². The van der Waals surface area contributed by atoms with Crippen LogP contribution in [0.25, 0.3) is 22.2 Å². The zero-order valence-electron chi connectivity index (χ0n) is 19.4. The van der Waals surface area contributed by atoms with Gasteiger partial charge in [-0.1, -0.05) is 0 Å². The van der Waals surface area contributed by atoms with E-state index in [1.165, 1.54) is 23.6 Å². The monoisotopic (exact) mass is 566 g/mol. The molecule has 3 heterocycles. The third-order valence-corrected chi connectivity index (χ3v) is 8.18. The molecule has 1 aliphatic carbocycles. The van der Waals surface area contributed by atoms with Gasteiger partial charge in [-0.15, -0.1) is 13.2 Å². The number of carbonyl (C=O) groups excluding carboxylic acids is 1. The molecule has 0 spiro atoms. The molecule has 2 atom stereocenters. The van der Waals surface area contributed by atoms with E-state index in [4.69, 9.17) is 0 Å². The molecule has 14 heteroatoms. The highest BCUT2D eigenvalue weighted by molar-refractivity contribution is 7.92. The second-order valence-electron chi connectivity index (χ2n) is 8.71. The molecule has 1 aliphatic rings. The molecule has 1 saturated carbocycles. The molecule has 4 aromatic rings. The molecular formula is C24H21F3N4O5S2. The van der Waals surface area contributed by atoms with E-state index in [2.05, 4.69) is 24.7 Å². The number of amides is 1. The number of carbonyl (C=O) groups is 1. The number of thiophene rings is 1. The molecule has 5 rings (SSSR count). The number of H-pyrrole nitrogens is 1. The first-order valence-electron chi connectivity index (χ1n) is 11.4. The van der Waals surface area contributed by atoms with Gasteiger partial charge < -0.3 is 20.1 Å². The smallest absolute Gasteiger partial charge is 0.406 e. The minimum Gasteiger partial charge on any atom is -0.406 e. The maximum Gasteiger partial charge on any atom is 0.573 e. The van der Waals surface area contributed by atoms with Crippen molar-refractivity contribution in [2.45, 2.75) is 42.7 Å². The van der Waals surface area contributed by atoms with Crippen LogP contribution in [0.2, 0.25) is 0 Å². The Labute approximate surface area is 218 Å². The van der Waals surface area contributed by atoms with Crippen molar-refractivity contribution in [2.75, 3.05) is 4.72 Å². The Hall–Kier alpha value is -3.62. The molecular weight excluding hydrogens is 545 g/mol. The number of aliphatic hydroxyl groups is 1. The van der Waals surface area contributed by atoms with Gasteiger partial charge in [0.25, 0.3) is 15.9 Å². The van der Waals surface area contributed by atoms with Crippen LogP contribution in [0.3, 0.4) is 0 Å². The van der Waals surface area contributed by atoms with Gasteiger partial charge >= 0.3 is 6.36 Å². The Morgan fingerprint density at radius 3 is 2.58 bits per heavy atom. The van der Waals surface area contributed by atoms with E-state index in [1.807, 2.05) is 16.8 Å². The fourth-order valence-corrected chi connectivity index (χ4v) is 6.07. The number of pyridine rings is 1. The fourth-order valence-electron chi connectivity index (χ4n) is 4.39. The number of hydrogen-bond donors (Lipinski definition) is 4. The zero-order chi connectivity index (χ0) is 27.1. The van der Waals surface area contributed by atoms with Crippen LogP contribution in [-0.4, -0.2) is 47.9 Å². The predicted molar refractivity (Wildman–Crippen MR) is 134 cm³/mol. The standard InChI is InChI=1S/C24H21F3N4O5S2/c25-24(26,27)36-15-4-6-16(7-5-15)38(34,35)31-14-10-17-20(13-8-9-37-12-13)21(30-22(17)28-11-14)23(33)29-18-2-1-3-19(18)32/h4-12,18-19,31-32H,1-3H2,(H,28,30)(H,29,33). The summed E-state index contributed by atoms with van der Waals surface area (Å²) < 4.78 is 69.1. The lowest BCUT2D eigenvalue weighted by Crippen LogP contribution is -2.40. The molecule has 200 valence electrons. The first-order chi connectivity index (χ1) is 18.0. The molecule has 1 amide bonds. The van der Waals surface area contributed by atoms with Gasteiger partial charge in [0.05, 0.1) is 28.9 Å². The summed E-state index contributed by atoms with van der Waals surface area (Å²) in [5.74, 6) is -0.971. The van der Waals surface area contributed by atoms with Gasteiger partial charge in [-0.25, -0.2) is 13.4 Å². The molecule has 1 aromatic carbocycles. The van der Waals surface area contributed by atoms with Crippen molar-refractivity contribution < 1.29 is 36.2 Å². The van der Waals surface area contributed by atoms with E-state index in [0.717, 1.165) is 36.2 Å². The van der Waals surface area contributed by atoms with Gasteiger partial charge in [0.1, 0.15) is 17.1 Å². The number of sulfonamides is 1. The SMILES string of the molecule is O=C(NC1CCCC1O)c1[nH]c2ncc(NS(=O)(=O)c3ccc(OC(F)(F)F)cc3)cc2c1-c1ccsc1. The summed E-state index contributed by atoms with van der Waals surface area (Å²) in [5.41, 5.74) is 1.90. The first-order valence-corrected chi connectivity index (χ1v) is 13.8. The van der Waals surface area contributed by atoms with Crippen molar-refractivity contribution in [3.63, 3.8) is 0 Å². The summed E-state index contributed by atoms with van der Waals surface area (Å²) in [6, 6.07) is 6.74. The lowest BCUT2D eigenvalue weighted by molar-refractivity contribution is -0.274. The van der Waals surface area contributed by atoms with Crippen LogP contribution in [0.5, 0.6) is 5.75 Å². The highest BCUT2D eigenvalue weighted by Gasteiger charge is 2.31. The van der Waals surface area contributed by atoms with Crippen LogP contribution < -0.4 is 14.8 Å². The Bertz CT molecular complexity index is 1570. The molecule has 0 saturated heterocycles. The van der Waals surface area contributed by atoms with E-state index in [1.54, 1.807) is 0 Å². The van der Waals surface area contributed by atoms with Crippen LogP contribution in [0.15, 0.2) is 58.3 Å². The lowest BCUT2D eigenvalue weighted by Gasteiger charge is -2.16. The van der Waals surface area contributed by atoms with Crippen molar-refractivity contribution in [1.29, 1.82) is 0 Å². The van der Waals surface area contributed by atoms with Crippen LogP contribution in [0.1, 0.15) is 29.8 Å². The quantitative estimate of drug-likeness (QED) is 0.258. The number of aromatic nitrogens is 2. The van der Waals surface area contributed by atoms with Gasteiger partial charge in [0, 0.05) is 10.9 Å². The van der Waals surface area contributed by atoms with E-state index in [0.29, 0.717) is 29.4 Å². The minimum atomic E-state index is -4.90. The average Bonchev–Trinajstić information content (AvgIpc) is 3.58. The van der Waals surface area contributed by atoms with Crippen molar-refractivity contribution in [3.8, 4) is 16.9 Å². The summed E-state index contributed by atoms with van der Waals surface area (Å²) in [7, 11) is -4.18. The topological polar surface area (TPSA) is 133 Å². The number of fused-ring (bicyclic) bond motifs is 1. The number of aromatic amines is 1. The maximum atomic E-state index is 13.2. The van der Waals surface area contributed by atoms with Crippen LogP contribution in [0, 0.1) is 0 Å². The summed E-state index contributed by atoms with van der Waals surface area (Å²) in [5, 5.41) is 17.1. The normalized spacial score (nSPS) is 18.0. The maximum absolute atomic E-state index is 13.2. The van der Waals surface area contributed by atoms with Gasteiger partial charge in [-0.05, 0) is 72.0 Å². The number of ether oxygens (including phenoxy) is 1. The first kappa shape index (κ1) is 26.0. The lowest BCUT2D eigenvalue weighted by atomic mass is 10.0. The molecule has 0 aliphatic heterocycles. The summed E-state index contributed by atoms with van der Waals surface area (Å²) in [6.07, 6.45) is -2.19. The Morgan fingerprint density at radius 1 is 1.18 bits per heavy atom. The van der Waals surface area contributed by atoms with Gasteiger partial charge in [0.15, 0.2) is 0 Å². The van der Waals surface area contributed by atoms with Crippen molar-refractivity contribution in [3.05, 3.63) is 59.0 Å². The number of nitrogens with zero attached hydrogens (tertiary/aromatic N) is 1. The molecule has 2 unspecified atom stereocenters. The number of benzene rings is 1. The largest absolute Gasteiger partial charge is 0.573 e. The molecule has 3 aromatic heterocycles. The van der Waals surface area contributed by atoms with Crippen molar-refractivity contribution in [1.82, 2.24) is 15.3 Å². The van der Waals surface area contributed by atoms with E-state index < -0.39 is 34.1 Å². The van der Waals surface area contributed by atoms with Crippen LogP contribution in [-0.2, 0) is 10.0 Å². The van der Waals surface area contributed by atoms with E-state index in [9.17, 15) is 31.5 Å². The van der Waals surface area contributed by atoms with Crippen LogP contribution in [0.4, 0.5) is 18.9 Å². The van der Waals surface area contributed by atoms with Crippen LogP contribution >= 0.6 is 11.3 Å². The Kier molecular flexibility index (Phi) is 6.79. The van der Waals surface area contributed by atoms with E-state index in [-0.39, 0.29) is 22.3 Å². The fraction of sp³-hybridized carbons (Fsp3) is 0.250. The number of alkyl halides is 3. The predicted octanol–water partition coefficient (Wildman–Crippen LogP) is 4.63. The summed E-state index contributed by atoms with van der Waals surface area (Å²) >= 11 is 1.42. The van der Waals surface area contributed by atoms with Gasteiger partial charge in [-0.3, -0.25) is 9.52 Å². The molecule has 0 bridgehead atoms. The highest BCUT2D eigenvalue weighted by Crippen LogP contribution is 2.35. The molecule has 38 heavy (non-hydrogen) atoms. The number of hydrogen-bond acceptors (Lipinski definition) is 7. The number of nitrogens with one attached hydrogen (secondary N) is 3. The third-order valence-electron chi connectivity index (χ3n) is 6.10. The van der Waals surface area contributed by atoms with Gasteiger partial charge in [-0.2, -0.15) is 11.3 Å². The number of rotatable bonds is 7. The zero-order valence-corrected chi connectivity index (χ0v) is 21.1. The highest BCUT2D eigenvalue weighted by atomic mass is 32.2. The number of anilines is 1. The number of halogens is 3. The minimum absolute atomic E-state index is 0.0850. The van der Waals surface area contributed by atoms with Gasteiger partial charge in [0.2, 0.25) is 0 Å². The summed E-state index contributed by atoms with van der Waals surface area (Å²) in [6.45, 7) is 0. The molecule has 4 N–H and O–H groups in total. The third kappa shape index (κ3) is 5.47.